The van der Waals surface area contributed by atoms with Crippen LogP contribution in [-0.2, 0) is 21.7 Å². The van der Waals surface area contributed by atoms with Crippen LogP contribution in [-0.4, -0.2) is 39.9 Å². The van der Waals surface area contributed by atoms with Crippen molar-refractivity contribution in [3.05, 3.63) is 357 Å². The first-order chi connectivity index (χ1) is 66.9. The van der Waals surface area contributed by atoms with E-state index in [4.69, 9.17) is 58.8 Å². The van der Waals surface area contributed by atoms with Gasteiger partial charge in [-0.05, 0) is 189 Å². The molecule has 8 aromatic heterocycles. The van der Waals surface area contributed by atoms with Gasteiger partial charge in [-0.25, -0.2) is 39.9 Å². The lowest BCUT2D eigenvalue weighted by Gasteiger charge is -2.34. The van der Waals surface area contributed by atoms with Crippen LogP contribution in [0.25, 0.3) is 86.2 Å². The van der Waals surface area contributed by atoms with Crippen LogP contribution in [0.2, 0.25) is 0 Å². The van der Waals surface area contributed by atoms with E-state index in [1.807, 2.05) is 91.9 Å². The van der Waals surface area contributed by atoms with Crippen molar-refractivity contribution in [2.75, 3.05) is 19.6 Å². The summed E-state index contributed by atoms with van der Waals surface area (Å²) in [6.45, 7) is 52.9. The van der Waals surface area contributed by atoms with E-state index in [0.717, 1.165) is 207 Å². The van der Waals surface area contributed by atoms with E-state index < -0.39 is 0 Å². The molecule has 0 atom stereocenters. The molecule has 0 spiro atoms. The van der Waals surface area contributed by atoms with Crippen molar-refractivity contribution >= 4 is 155 Å². The standard InChI is InChI=1S/4C31H29N3O/c1-18-15-22(31(4,5)6)16-19(2)26(18)34-29-27(24-13-8-7-11-21(24)17-32-29)35-28-25-14-10-9-12-23(25)20(3)33-30(28)34;1-18-10-9-13-24-25(18)17-33-30-28(24)35-27-23-12-8-7-11-21(23)16-32-29(27)34(30)26-19(2)14-22(15-20(26)3)31(4,5)6;1-18-11-12-25-22(13-18)17-33-30-28(25)35-27-24-10-8-7-9-21(24)16-32-29(27)34(30)26-19(2)14-23(15-20(26)3)31(4,5)6;1-18-11-12-22-17-33-30-28(25(22)13-18)35-27-24-10-8-7-9-21(24)16-32-29(27)34(30)26-19(2)14-23(15-20(26)3)31(4,5)6/h4*7-17H,1-6H3. The number of anilines is 12. The minimum Gasteiger partial charge on any atom is -0.448 e. The highest BCUT2D eigenvalue weighted by molar-refractivity contribution is 6.08. The van der Waals surface area contributed by atoms with Crippen LogP contribution in [0.3, 0.4) is 0 Å². The third kappa shape index (κ3) is 15.7. The molecule has 0 saturated carbocycles. The summed E-state index contributed by atoms with van der Waals surface area (Å²) in [4.78, 5) is 48.4. The van der Waals surface area contributed by atoms with Gasteiger partial charge in [0.1, 0.15) is 0 Å². The molecule has 0 aliphatic carbocycles. The summed E-state index contributed by atoms with van der Waals surface area (Å²) in [6, 6.07) is 78.9. The summed E-state index contributed by atoms with van der Waals surface area (Å²) in [7, 11) is 0. The highest BCUT2D eigenvalue weighted by Crippen LogP contribution is 2.61. The Morgan fingerprint density at radius 1 is 0.193 bits per heavy atom. The van der Waals surface area contributed by atoms with Crippen LogP contribution in [0.1, 0.15) is 172 Å². The lowest BCUT2D eigenvalue weighted by Crippen LogP contribution is -2.22. The maximum absolute atomic E-state index is 6.70. The minimum atomic E-state index is 0.0639. The van der Waals surface area contributed by atoms with Crippen molar-refractivity contribution in [2.24, 2.45) is 0 Å². The molecule has 0 fully saturated rings. The largest absolute Gasteiger partial charge is 0.448 e. The average molecular weight is 1840 g/mol. The average Bonchev–Trinajstić information content (AvgIpc) is 0.730. The van der Waals surface area contributed by atoms with Gasteiger partial charge in [0.25, 0.3) is 0 Å². The Morgan fingerprint density at radius 2 is 0.436 bits per heavy atom. The first-order valence-corrected chi connectivity index (χ1v) is 48.4. The Morgan fingerprint density at radius 3 is 0.779 bits per heavy atom. The van der Waals surface area contributed by atoms with Gasteiger partial charge in [-0.1, -0.05) is 307 Å². The SMILES string of the molecule is Cc1cc(C(C)(C)C)cc(C)c1N1c2ncc3ccccc3c2Oc2c1nc(C)c1ccccc21.Cc1cc(C(C)(C)C)cc(C)c1N1c2ncc3ccccc3c2Oc2c1ncc1c(C)cccc21.Cc1ccc2c3c(ncc2c1)N(c1c(C)cc(C(C)(C)C)cc1C)c1ncc2ccccc2c1O3.Cc1ccc2cnc3c(c2c1)Oc1c(ncc2ccccc12)N3c1c(C)cc(C(C)(C)C)cc1C. The number of hydrogen-bond acceptors (Lipinski definition) is 16. The molecule has 0 N–H and O–H groups in total. The van der Waals surface area contributed by atoms with Crippen molar-refractivity contribution in [3.63, 3.8) is 0 Å². The fourth-order valence-electron chi connectivity index (χ4n) is 20.5. The molecular weight excluding hydrogens is 1720 g/mol. The number of hydrogen-bond donors (Lipinski definition) is 0. The zero-order valence-electron chi connectivity index (χ0n) is 84.4. The van der Waals surface area contributed by atoms with E-state index in [2.05, 4.69) is 362 Å². The van der Waals surface area contributed by atoms with Gasteiger partial charge in [-0.2, -0.15) is 0 Å². The second-order valence-electron chi connectivity index (χ2n) is 42.4. The van der Waals surface area contributed by atoms with Gasteiger partial charge in [0, 0.05) is 135 Å². The Labute approximate surface area is 819 Å². The van der Waals surface area contributed by atoms with Crippen molar-refractivity contribution in [1.82, 2.24) is 39.9 Å². The van der Waals surface area contributed by atoms with Crippen LogP contribution < -0.4 is 38.5 Å². The number of aryl methyl sites for hydroxylation is 12. The molecule has 4 aliphatic heterocycles. The summed E-state index contributed by atoms with van der Waals surface area (Å²) < 4.78 is 26.8. The predicted molar refractivity (Wildman–Crippen MR) is 579 cm³/mol. The van der Waals surface area contributed by atoms with Gasteiger partial charge >= 0.3 is 0 Å². The number of aromatic nitrogens is 8. The highest BCUT2D eigenvalue weighted by Gasteiger charge is 2.41. The zero-order valence-corrected chi connectivity index (χ0v) is 84.4. The first-order valence-electron chi connectivity index (χ1n) is 48.4. The van der Waals surface area contributed by atoms with Gasteiger partial charge < -0.3 is 18.9 Å². The maximum Gasteiger partial charge on any atom is 0.183 e. The van der Waals surface area contributed by atoms with Gasteiger partial charge in [0.05, 0.1) is 22.7 Å². The van der Waals surface area contributed by atoms with Crippen LogP contribution >= 0.6 is 0 Å². The number of rotatable bonds is 4. The molecule has 696 valence electrons. The van der Waals surface area contributed by atoms with Crippen LogP contribution in [0.5, 0.6) is 46.0 Å². The monoisotopic (exact) mass is 1840 g/mol. The lowest BCUT2D eigenvalue weighted by atomic mass is 9.84. The Kier molecular flexibility index (Phi) is 22.2. The number of pyridine rings is 8. The Bertz CT molecular complexity index is 8220. The van der Waals surface area contributed by atoms with Gasteiger partial charge in [0.15, 0.2) is 92.5 Å². The molecule has 0 saturated heterocycles. The molecule has 0 unspecified atom stereocenters. The fourth-order valence-corrected chi connectivity index (χ4v) is 20.5. The van der Waals surface area contributed by atoms with Crippen molar-refractivity contribution < 1.29 is 18.9 Å². The number of fused-ring (bicyclic) bond motifs is 24. The molecule has 0 bridgehead atoms. The lowest BCUT2D eigenvalue weighted by molar-refractivity contribution is 0.482. The molecule has 4 aliphatic rings. The maximum atomic E-state index is 6.70. The molecule has 0 amide bonds. The quantitative estimate of drug-likeness (QED) is 0.164. The summed E-state index contributed by atoms with van der Waals surface area (Å²) in [5, 5.41) is 16.9. The topological polar surface area (TPSA) is 153 Å². The molecule has 24 rings (SSSR count). The second kappa shape index (κ2) is 34.2. The van der Waals surface area contributed by atoms with E-state index in [0.29, 0.717) is 0 Å². The van der Waals surface area contributed by atoms with Crippen LogP contribution in [0.4, 0.5) is 69.3 Å². The number of benzene rings is 12. The first kappa shape index (κ1) is 90.8. The summed E-state index contributed by atoms with van der Waals surface area (Å²) in [6.07, 6.45) is 13.5. The molecule has 140 heavy (non-hydrogen) atoms. The normalized spacial score (nSPS) is 13.0. The second-order valence-corrected chi connectivity index (χ2v) is 42.4. The van der Waals surface area contributed by atoms with Crippen molar-refractivity contribution in [3.8, 4) is 46.0 Å². The van der Waals surface area contributed by atoms with Gasteiger partial charge in [0.2, 0.25) is 0 Å². The fraction of sp³-hybridized carbons (Fsp3) is 0.226. The molecule has 16 heteroatoms. The third-order valence-electron chi connectivity index (χ3n) is 27.9. The van der Waals surface area contributed by atoms with Crippen LogP contribution in [0, 0.1) is 83.1 Å². The molecule has 20 aromatic rings. The number of nitrogens with zero attached hydrogens (tertiary/aromatic N) is 12. The summed E-state index contributed by atoms with van der Waals surface area (Å²) in [5.41, 5.74) is 24.0. The van der Waals surface area contributed by atoms with Crippen LogP contribution in [0.15, 0.2) is 268 Å². The van der Waals surface area contributed by atoms with E-state index in [-0.39, 0.29) is 21.7 Å². The molecule has 16 nitrogen and oxygen atoms in total. The molecule has 12 heterocycles. The Balaban J connectivity index is 0.000000111. The van der Waals surface area contributed by atoms with Crippen molar-refractivity contribution in [2.45, 2.75) is 188 Å². The molecule has 0 radical (unpaired) electrons. The van der Waals surface area contributed by atoms with E-state index in [1.54, 1.807) is 0 Å². The van der Waals surface area contributed by atoms with Gasteiger partial charge in [-0.15, -0.1) is 0 Å². The third-order valence-corrected chi connectivity index (χ3v) is 27.9. The summed E-state index contributed by atoms with van der Waals surface area (Å²) in [5.74, 6) is 12.3. The smallest absolute Gasteiger partial charge is 0.183 e. The van der Waals surface area contributed by atoms with E-state index in [1.165, 1.54) is 83.5 Å². The van der Waals surface area contributed by atoms with Crippen molar-refractivity contribution in [1.29, 1.82) is 0 Å². The predicted octanol–water partition coefficient (Wildman–Crippen LogP) is 34.3. The van der Waals surface area contributed by atoms with Gasteiger partial charge in [-0.3, -0.25) is 19.6 Å². The molecule has 12 aromatic carbocycles. The van der Waals surface area contributed by atoms with E-state index in [9.17, 15) is 0 Å². The minimum absolute atomic E-state index is 0.0639. The summed E-state index contributed by atoms with van der Waals surface area (Å²) >= 11 is 0. The molecular formula is C124H116N12O4. The van der Waals surface area contributed by atoms with E-state index >= 15 is 0 Å². The highest BCUT2D eigenvalue weighted by atomic mass is 16.5. The Hall–Kier alpha value is -15.7. The zero-order chi connectivity index (χ0) is 97.9. The number of ether oxygens (including phenoxy) is 4.